The molecular weight excluding hydrogens is 226 g/mol. The van der Waals surface area contributed by atoms with Gasteiger partial charge >= 0.3 is 0 Å². The lowest BCUT2D eigenvalue weighted by Crippen LogP contribution is -2.32. The van der Waals surface area contributed by atoms with E-state index in [-0.39, 0.29) is 0 Å². The lowest BCUT2D eigenvalue weighted by atomic mass is 10.1. The van der Waals surface area contributed by atoms with Crippen LogP contribution in [0.15, 0.2) is 6.07 Å². The van der Waals surface area contributed by atoms with Crippen molar-refractivity contribution in [2.75, 3.05) is 20.3 Å². The zero-order valence-corrected chi connectivity index (χ0v) is 12.2. The molecule has 1 atom stereocenters. The first-order chi connectivity index (χ1) is 8.67. The maximum Gasteiger partial charge on any atom is 0.0596 e. The van der Waals surface area contributed by atoms with Gasteiger partial charge in [-0.1, -0.05) is 6.92 Å². The summed E-state index contributed by atoms with van der Waals surface area (Å²) in [7, 11) is 3.79. The summed E-state index contributed by atoms with van der Waals surface area (Å²) in [5, 5.41) is 8.02. The predicted molar refractivity (Wildman–Crippen MR) is 74.8 cm³/mol. The standard InChI is InChI=1S/C14H27N3O/c1-5-8-15-13(7-6-9-18-4)11-14-10-12(2)16-17(14)3/h10,13,15H,5-9,11H2,1-4H3. The van der Waals surface area contributed by atoms with Crippen LogP contribution in [0.3, 0.4) is 0 Å². The monoisotopic (exact) mass is 253 g/mol. The molecular formula is C14H27N3O. The van der Waals surface area contributed by atoms with Crippen LogP contribution in [0.25, 0.3) is 0 Å². The molecule has 0 aromatic carbocycles. The van der Waals surface area contributed by atoms with Gasteiger partial charge in [-0.15, -0.1) is 0 Å². The lowest BCUT2D eigenvalue weighted by Gasteiger charge is -2.18. The van der Waals surface area contributed by atoms with Crippen molar-refractivity contribution in [3.63, 3.8) is 0 Å². The number of hydrogen-bond donors (Lipinski definition) is 1. The third-order valence-electron chi connectivity index (χ3n) is 3.14. The van der Waals surface area contributed by atoms with E-state index in [0.29, 0.717) is 6.04 Å². The molecule has 1 aromatic rings. The van der Waals surface area contributed by atoms with Crippen molar-refractivity contribution in [1.82, 2.24) is 15.1 Å². The van der Waals surface area contributed by atoms with E-state index < -0.39 is 0 Å². The molecule has 0 aliphatic carbocycles. The molecule has 1 unspecified atom stereocenters. The maximum absolute atomic E-state index is 5.13. The predicted octanol–water partition coefficient (Wildman–Crippen LogP) is 2.07. The summed E-state index contributed by atoms with van der Waals surface area (Å²) < 4.78 is 7.12. The highest BCUT2D eigenvalue weighted by Gasteiger charge is 2.11. The Bertz CT molecular complexity index is 336. The largest absolute Gasteiger partial charge is 0.385 e. The number of nitrogens with zero attached hydrogens (tertiary/aromatic N) is 2. The molecule has 0 saturated carbocycles. The van der Waals surface area contributed by atoms with E-state index in [1.807, 2.05) is 18.7 Å². The summed E-state index contributed by atoms with van der Waals surface area (Å²) in [5.41, 5.74) is 2.40. The fourth-order valence-electron chi connectivity index (χ4n) is 2.21. The molecule has 0 aliphatic rings. The van der Waals surface area contributed by atoms with Crippen molar-refractivity contribution in [2.24, 2.45) is 7.05 Å². The van der Waals surface area contributed by atoms with Crippen molar-refractivity contribution >= 4 is 0 Å². The first kappa shape index (κ1) is 15.2. The van der Waals surface area contributed by atoms with Crippen LogP contribution in [0.1, 0.15) is 37.6 Å². The summed E-state index contributed by atoms with van der Waals surface area (Å²) in [6.07, 6.45) is 4.47. The van der Waals surface area contributed by atoms with Crippen LogP contribution in [0.5, 0.6) is 0 Å². The van der Waals surface area contributed by atoms with Crippen LogP contribution >= 0.6 is 0 Å². The van der Waals surface area contributed by atoms with E-state index >= 15 is 0 Å². The Kier molecular flexibility index (Phi) is 6.98. The second-order valence-corrected chi connectivity index (χ2v) is 4.89. The van der Waals surface area contributed by atoms with E-state index in [0.717, 1.165) is 38.1 Å². The van der Waals surface area contributed by atoms with Crippen LogP contribution in [0, 0.1) is 6.92 Å². The number of aromatic nitrogens is 2. The highest BCUT2D eigenvalue weighted by Crippen LogP contribution is 2.09. The molecule has 1 rings (SSSR count). The smallest absolute Gasteiger partial charge is 0.0596 e. The minimum atomic E-state index is 0.523. The molecule has 4 nitrogen and oxygen atoms in total. The van der Waals surface area contributed by atoms with Gasteiger partial charge in [-0.3, -0.25) is 4.68 Å². The van der Waals surface area contributed by atoms with Gasteiger partial charge in [0.1, 0.15) is 0 Å². The quantitative estimate of drug-likeness (QED) is 0.685. The molecule has 0 spiro atoms. The average Bonchev–Trinajstić information content (AvgIpc) is 2.65. The average molecular weight is 253 g/mol. The van der Waals surface area contributed by atoms with Gasteiger partial charge in [0, 0.05) is 38.9 Å². The van der Waals surface area contributed by atoms with Crippen LogP contribution in [-0.4, -0.2) is 36.1 Å². The molecule has 0 bridgehead atoms. The number of ether oxygens (including phenoxy) is 1. The zero-order chi connectivity index (χ0) is 13.4. The molecule has 0 radical (unpaired) electrons. The molecule has 1 heterocycles. The SMILES string of the molecule is CCCNC(CCCOC)Cc1cc(C)nn1C. The molecule has 4 heteroatoms. The van der Waals surface area contributed by atoms with Gasteiger partial charge in [0.25, 0.3) is 0 Å². The molecule has 0 amide bonds. The third-order valence-corrected chi connectivity index (χ3v) is 3.14. The summed E-state index contributed by atoms with van der Waals surface area (Å²) in [6, 6.07) is 2.70. The van der Waals surface area contributed by atoms with Gasteiger partial charge in [0.2, 0.25) is 0 Å². The molecule has 0 fully saturated rings. The molecule has 0 aliphatic heterocycles. The summed E-state index contributed by atoms with van der Waals surface area (Å²) in [5.74, 6) is 0. The van der Waals surface area contributed by atoms with Crippen molar-refractivity contribution in [3.8, 4) is 0 Å². The highest BCUT2D eigenvalue weighted by molar-refractivity contribution is 5.10. The number of methoxy groups -OCH3 is 1. The first-order valence-electron chi connectivity index (χ1n) is 6.89. The summed E-state index contributed by atoms with van der Waals surface area (Å²) >= 11 is 0. The Morgan fingerprint density at radius 1 is 1.50 bits per heavy atom. The van der Waals surface area contributed by atoms with Crippen molar-refractivity contribution in [1.29, 1.82) is 0 Å². The second kappa shape index (κ2) is 8.27. The number of aryl methyl sites for hydroxylation is 2. The number of hydrogen-bond acceptors (Lipinski definition) is 3. The fraction of sp³-hybridized carbons (Fsp3) is 0.786. The first-order valence-corrected chi connectivity index (χ1v) is 6.89. The van der Waals surface area contributed by atoms with E-state index in [4.69, 9.17) is 4.74 Å². The molecule has 1 aromatic heterocycles. The third kappa shape index (κ3) is 5.19. The minimum Gasteiger partial charge on any atom is -0.385 e. The highest BCUT2D eigenvalue weighted by atomic mass is 16.5. The van der Waals surface area contributed by atoms with Gasteiger partial charge in [-0.25, -0.2) is 0 Å². The van der Waals surface area contributed by atoms with E-state index in [1.165, 1.54) is 12.1 Å². The Morgan fingerprint density at radius 3 is 2.83 bits per heavy atom. The summed E-state index contributed by atoms with van der Waals surface area (Å²) in [6.45, 7) is 6.17. The van der Waals surface area contributed by atoms with Crippen molar-refractivity contribution < 1.29 is 4.74 Å². The van der Waals surface area contributed by atoms with Crippen molar-refractivity contribution in [3.05, 3.63) is 17.5 Å². The number of rotatable bonds is 9. The zero-order valence-electron chi connectivity index (χ0n) is 12.2. The molecule has 0 saturated heterocycles. The Morgan fingerprint density at radius 2 is 2.28 bits per heavy atom. The fourth-order valence-corrected chi connectivity index (χ4v) is 2.21. The molecule has 18 heavy (non-hydrogen) atoms. The Labute approximate surface area is 111 Å². The van der Waals surface area contributed by atoms with Crippen LogP contribution in [-0.2, 0) is 18.2 Å². The maximum atomic E-state index is 5.13. The van der Waals surface area contributed by atoms with Crippen LogP contribution in [0.2, 0.25) is 0 Å². The second-order valence-electron chi connectivity index (χ2n) is 4.89. The van der Waals surface area contributed by atoms with Crippen molar-refractivity contribution in [2.45, 2.75) is 45.6 Å². The van der Waals surface area contributed by atoms with Crippen LogP contribution in [0.4, 0.5) is 0 Å². The normalized spacial score (nSPS) is 12.9. The molecule has 104 valence electrons. The van der Waals surface area contributed by atoms with Gasteiger partial charge in [0.15, 0.2) is 0 Å². The lowest BCUT2D eigenvalue weighted by molar-refractivity contribution is 0.188. The van der Waals surface area contributed by atoms with Crippen LogP contribution < -0.4 is 5.32 Å². The van der Waals surface area contributed by atoms with Gasteiger partial charge in [0.05, 0.1) is 5.69 Å². The number of nitrogens with one attached hydrogen (secondary N) is 1. The van der Waals surface area contributed by atoms with E-state index in [1.54, 1.807) is 7.11 Å². The van der Waals surface area contributed by atoms with Gasteiger partial charge < -0.3 is 10.1 Å². The molecule has 1 N–H and O–H groups in total. The van der Waals surface area contributed by atoms with Gasteiger partial charge in [-0.05, 0) is 38.8 Å². The summed E-state index contributed by atoms with van der Waals surface area (Å²) in [4.78, 5) is 0. The Hall–Kier alpha value is -0.870. The van der Waals surface area contributed by atoms with Gasteiger partial charge in [-0.2, -0.15) is 5.10 Å². The minimum absolute atomic E-state index is 0.523. The topological polar surface area (TPSA) is 39.1 Å². The van der Waals surface area contributed by atoms with E-state index in [9.17, 15) is 0 Å². The van der Waals surface area contributed by atoms with E-state index in [2.05, 4.69) is 23.4 Å². The Balaban J connectivity index is 2.50.